The van der Waals surface area contributed by atoms with Gasteiger partial charge in [-0.15, -0.1) is 0 Å². The summed E-state index contributed by atoms with van der Waals surface area (Å²) in [6, 6.07) is -0.187. The molecule has 0 aromatic heterocycles. The first kappa shape index (κ1) is 13.0. The second-order valence-corrected chi connectivity index (χ2v) is 4.02. The van der Waals surface area contributed by atoms with Gasteiger partial charge in [-0.1, -0.05) is 6.42 Å². The number of amides is 1. The lowest BCUT2D eigenvalue weighted by Gasteiger charge is -2.33. The van der Waals surface area contributed by atoms with Crippen LogP contribution in [0.4, 0.5) is 0 Å². The number of piperidine rings is 1. The SMILES string of the molecule is CCOC(=O)[C@@H]1CCCCN1CCC(N)=O. The summed E-state index contributed by atoms with van der Waals surface area (Å²) in [4.78, 5) is 24.4. The maximum absolute atomic E-state index is 11.7. The van der Waals surface area contributed by atoms with Crippen LogP contribution in [0.2, 0.25) is 0 Å². The third-order valence-corrected chi connectivity index (χ3v) is 2.82. The van der Waals surface area contributed by atoms with E-state index in [2.05, 4.69) is 0 Å². The number of rotatable bonds is 5. The van der Waals surface area contributed by atoms with Crippen LogP contribution in [0.25, 0.3) is 0 Å². The minimum Gasteiger partial charge on any atom is -0.465 e. The number of likely N-dealkylation sites (tertiary alicyclic amines) is 1. The van der Waals surface area contributed by atoms with Crippen molar-refractivity contribution in [2.75, 3.05) is 19.7 Å². The summed E-state index contributed by atoms with van der Waals surface area (Å²) in [6.45, 7) is 3.60. The Hall–Kier alpha value is -1.10. The van der Waals surface area contributed by atoms with Gasteiger partial charge in [0.25, 0.3) is 0 Å². The first-order valence-corrected chi connectivity index (χ1v) is 5.84. The van der Waals surface area contributed by atoms with E-state index in [1.54, 1.807) is 6.92 Å². The lowest BCUT2D eigenvalue weighted by atomic mass is 10.0. The Kier molecular flexibility index (Phi) is 5.25. The molecule has 92 valence electrons. The number of nitrogens with zero attached hydrogens (tertiary/aromatic N) is 1. The Morgan fingerprint density at radius 1 is 1.44 bits per heavy atom. The fourth-order valence-corrected chi connectivity index (χ4v) is 2.02. The number of hydrogen-bond donors (Lipinski definition) is 1. The van der Waals surface area contributed by atoms with Crippen LogP contribution in [-0.4, -0.2) is 42.5 Å². The molecule has 0 unspecified atom stereocenters. The van der Waals surface area contributed by atoms with Crippen molar-refractivity contribution in [1.82, 2.24) is 4.90 Å². The highest BCUT2D eigenvalue weighted by Gasteiger charge is 2.29. The molecular formula is C11H20N2O3. The Bertz CT molecular complexity index is 256. The molecule has 5 heteroatoms. The molecule has 1 aliphatic rings. The minimum atomic E-state index is -0.326. The van der Waals surface area contributed by atoms with Gasteiger partial charge in [0.05, 0.1) is 6.61 Å². The Balaban J connectivity index is 2.49. The zero-order valence-corrected chi connectivity index (χ0v) is 9.78. The molecule has 0 radical (unpaired) electrons. The predicted octanol–water partition coefficient (Wildman–Crippen LogP) is 0.279. The average molecular weight is 228 g/mol. The van der Waals surface area contributed by atoms with Crippen molar-refractivity contribution in [3.8, 4) is 0 Å². The predicted molar refractivity (Wildman–Crippen MR) is 59.7 cm³/mol. The van der Waals surface area contributed by atoms with E-state index in [0.717, 1.165) is 25.8 Å². The lowest BCUT2D eigenvalue weighted by Crippen LogP contribution is -2.46. The van der Waals surface area contributed by atoms with E-state index in [9.17, 15) is 9.59 Å². The molecule has 1 rings (SSSR count). The van der Waals surface area contributed by atoms with Gasteiger partial charge in [-0.05, 0) is 26.3 Å². The van der Waals surface area contributed by atoms with Crippen molar-refractivity contribution in [1.29, 1.82) is 0 Å². The molecule has 1 atom stereocenters. The van der Waals surface area contributed by atoms with E-state index in [-0.39, 0.29) is 17.9 Å². The Labute approximate surface area is 95.9 Å². The quantitative estimate of drug-likeness (QED) is 0.686. The van der Waals surface area contributed by atoms with Crippen molar-refractivity contribution < 1.29 is 14.3 Å². The second kappa shape index (κ2) is 6.48. The molecule has 1 fully saturated rings. The molecule has 16 heavy (non-hydrogen) atoms. The summed E-state index contributed by atoms with van der Waals surface area (Å²) in [5, 5.41) is 0. The topological polar surface area (TPSA) is 72.6 Å². The summed E-state index contributed by atoms with van der Waals surface area (Å²) >= 11 is 0. The number of ether oxygens (including phenoxy) is 1. The van der Waals surface area contributed by atoms with Gasteiger partial charge in [0.1, 0.15) is 6.04 Å². The second-order valence-electron chi connectivity index (χ2n) is 4.02. The van der Waals surface area contributed by atoms with Crippen LogP contribution in [0.15, 0.2) is 0 Å². The maximum Gasteiger partial charge on any atom is 0.323 e. The van der Waals surface area contributed by atoms with Crippen LogP contribution in [0.3, 0.4) is 0 Å². The molecule has 5 nitrogen and oxygen atoms in total. The normalized spacial score (nSPS) is 21.7. The van der Waals surface area contributed by atoms with Gasteiger partial charge in [-0.25, -0.2) is 0 Å². The van der Waals surface area contributed by atoms with Gasteiger partial charge in [-0.3, -0.25) is 14.5 Å². The molecule has 1 amide bonds. The summed E-state index contributed by atoms with van der Waals surface area (Å²) in [5.74, 6) is -0.500. The summed E-state index contributed by atoms with van der Waals surface area (Å²) in [5.41, 5.74) is 5.11. The number of esters is 1. The molecule has 1 aliphatic heterocycles. The molecule has 0 aromatic carbocycles. The van der Waals surface area contributed by atoms with Crippen LogP contribution in [0.1, 0.15) is 32.6 Å². The molecule has 0 spiro atoms. The van der Waals surface area contributed by atoms with Gasteiger partial charge in [-0.2, -0.15) is 0 Å². The third-order valence-electron chi connectivity index (χ3n) is 2.82. The summed E-state index contributed by atoms with van der Waals surface area (Å²) in [7, 11) is 0. The first-order chi connectivity index (χ1) is 7.65. The van der Waals surface area contributed by atoms with E-state index >= 15 is 0 Å². The fourth-order valence-electron chi connectivity index (χ4n) is 2.02. The molecule has 0 aromatic rings. The van der Waals surface area contributed by atoms with E-state index in [1.807, 2.05) is 4.90 Å². The molecule has 0 bridgehead atoms. The van der Waals surface area contributed by atoms with Gasteiger partial charge in [0.2, 0.25) is 5.91 Å². The zero-order chi connectivity index (χ0) is 12.0. The van der Waals surface area contributed by atoms with Gasteiger partial charge < -0.3 is 10.5 Å². The van der Waals surface area contributed by atoms with Crippen LogP contribution in [0.5, 0.6) is 0 Å². The highest BCUT2D eigenvalue weighted by molar-refractivity contribution is 5.76. The zero-order valence-electron chi connectivity index (χ0n) is 9.78. The number of carbonyl (C=O) groups excluding carboxylic acids is 2. The fraction of sp³-hybridized carbons (Fsp3) is 0.818. The Morgan fingerprint density at radius 2 is 2.19 bits per heavy atom. The largest absolute Gasteiger partial charge is 0.465 e. The lowest BCUT2D eigenvalue weighted by molar-refractivity contribution is -0.151. The summed E-state index contributed by atoms with van der Waals surface area (Å²) < 4.78 is 5.02. The van der Waals surface area contributed by atoms with Gasteiger partial charge in [0.15, 0.2) is 0 Å². The maximum atomic E-state index is 11.7. The number of hydrogen-bond acceptors (Lipinski definition) is 4. The molecule has 2 N–H and O–H groups in total. The minimum absolute atomic E-state index is 0.174. The van der Waals surface area contributed by atoms with E-state index in [1.165, 1.54) is 0 Å². The monoisotopic (exact) mass is 228 g/mol. The molecule has 0 saturated carbocycles. The van der Waals surface area contributed by atoms with Crippen LogP contribution in [-0.2, 0) is 14.3 Å². The standard InChI is InChI=1S/C11H20N2O3/c1-2-16-11(15)9-5-3-4-7-13(9)8-6-10(12)14/h9H,2-8H2,1H3,(H2,12,14)/t9-/m0/s1. The van der Waals surface area contributed by atoms with E-state index in [4.69, 9.17) is 10.5 Å². The third kappa shape index (κ3) is 3.81. The number of carbonyl (C=O) groups is 2. The highest BCUT2D eigenvalue weighted by atomic mass is 16.5. The van der Waals surface area contributed by atoms with Gasteiger partial charge >= 0.3 is 5.97 Å². The van der Waals surface area contributed by atoms with Gasteiger partial charge in [0, 0.05) is 13.0 Å². The molecule has 1 heterocycles. The van der Waals surface area contributed by atoms with Crippen molar-refractivity contribution >= 4 is 11.9 Å². The smallest absolute Gasteiger partial charge is 0.323 e. The number of nitrogens with two attached hydrogens (primary N) is 1. The van der Waals surface area contributed by atoms with Crippen molar-refractivity contribution in [2.24, 2.45) is 5.73 Å². The molecule has 0 aliphatic carbocycles. The molecule has 1 saturated heterocycles. The van der Waals surface area contributed by atoms with Crippen molar-refractivity contribution in [3.63, 3.8) is 0 Å². The first-order valence-electron chi connectivity index (χ1n) is 5.84. The Morgan fingerprint density at radius 3 is 2.81 bits per heavy atom. The van der Waals surface area contributed by atoms with Crippen LogP contribution >= 0.6 is 0 Å². The van der Waals surface area contributed by atoms with Crippen LogP contribution in [0, 0.1) is 0 Å². The summed E-state index contributed by atoms with van der Waals surface area (Å²) in [6.07, 6.45) is 3.22. The molecular weight excluding hydrogens is 208 g/mol. The van der Waals surface area contributed by atoms with E-state index < -0.39 is 0 Å². The highest BCUT2D eigenvalue weighted by Crippen LogP contribution is 2.18. The van der Waals surface area contributed by atoms with Crippen molar-refractivity contribution in [3.05, 3.63) is 0 Å². The van der Waals surface area contributed by atoms with E-state index in [0.29, 0.717) is 19.6 Å². The number of primary amides is 1. The van der Waals surface area contributed by atoms with Crippen molar-refractivity contribution in [2.45, 2.75) is 38.6 Å². The average Bonchev–Trinajstić information content (AvgIpc) is 2.27. The van der Waals surface area contributed by atoms with Crippen LogP contribution < -0.4 is 5.73 Å².